The van der Waals surface area contributed by atoms with E-state index in [0.717, 1.165) is 11.1 Å². The number of esters is 1. The Bertz CT molecular complexity index is 631. The van der Waals surface area contributed by atoms with E-state index in [1.165, 1.54) is 0 Å². The molecule has 0 spiro atoms. The summed E-state index contributed by atoms with van der Waals surface area (Å²) in [5.74, 6) is -0.734. The molecule has 0 radical (unpaired) electrons. The molecule has 0 N–H and O–H groups in total. The lowest BCUT2D eigenvalue weighted by Crippen LogP contribution is -2.26. The summed E-state index contributed by atoms with van der Waals surface area (Å²) in [6.45, 7) is 1.76. The number of alkyl halides is 2. The highest BCUT2D eigenvalue weighted by Crippen LogP contribution is 2.16. The van der Waals surface area contributed by atoms with Crippen LogP contribution in [0.4, 0.5) is 8.78 Å². The highest BCUT2D eigenvalue weighted by molar-refractivity contribution is 6.13. The maximum atomic E-state index is 12.9. The van der Waals surface area contributed by atoms with Crippen molar-refractivity contribution < 1.29 is 18.3 Å². The van der Waals surface area contributed by atoms with Gasteiger partial charge in [-0.25, -0.2) is 13.6 Å². The van der Waals surface area contributed by atoms with E-state index in [4.69, 9.17) is 4.74 Å². The van der Waals surface area contributed by atoms with Gasteiger partial charge in [0.15, 0.2) is 6.04 Å². The van der Waals surface area contributed by atoms with Crippen molar-refractivity contribution in [2.45, 2.75) is 25.8 Å². The zero-order valence-electron chi connectivity index (χ0n) is 13.4. The van der Waals surface area contributed by atoms with E-state index in [1.54, 1.807) is 6.92 Å². The molecule has 2 aromatic rings. The van der Waals surface area contributed by atoms with Gasteiger partial charge in [0.05, 0.1) is 12.3 Å². The van der Waals surface area contributed by atoms with E-state index in [9.17, 15) is 13.6 Å². The van der Waals surface area contributed by atoms with Crippen molar-refractivity contribution in [3.63, 3.8) is 0 Å². The number of carbonyl (C=O) groups is 1. The first kappa shape index (κ1) is 17.8. The van der Waals surface area contributed by atoms with Crippen LogP contribution in [-0.4, -0.2) is 30.8 Å². The summed E-state index contributed by atoms with van der Waals surface area (Å²) in [6, 6.07) is 17.1. The lowest BCUT2D eigenvalue weighted by atomic mass is 10.0. The van der Waals surface area contributed by atoms with Crippen LogP contribution in [0.25, 0.3) is 0 Å². The first-order valence-electron chi connectivity index (χ1n) is 7.75. The fourth-order valence-electron chi connectivity index (χ4n) is 2.27. The molecule has 0 aromatic heterocycles. The van der Waals surface area contributed by atoms with Crippen LogP contribution in [0.2, 0.25) is 0 Å². The molecule has 0 saturated heterocycles. The molecule has 1 unspecified atom stereocenters. The molecule has 3 nitrogen and oxygen atoms in total. The molecule has 2 aromatic carbocycles. The monoisotopic (exact) mass is 331 g/mol. The Morgan fingerprint density at radius 2 is 1.50 bits per heavy atom. The van der Waals surface area contributed by atoms with Crippen molar-refractivity contribution >= 4 is 11.7 Å². The number of benzene rings is 2. The number of carbonyl (C=O) groups excluding carboxylic acids is 1. The Labute approximate surface area is 140 Å². The zero-order chi connectivity index (χ0) is 17.4. The van der Waals surface area contributed by atoms with Crippen LogP contribution in [0, 0.1) is 0 Å². The summed E-state index contributed by atoms with van der Waals surface area (Å²) in [7, 11) is 0. The van der Waals surface area contributed by atoms with Gasteiger partial charge in [-0.1, -0.05) is 60.7 Å². The second-order valence-corrected chi connectivity index (χ2v) is 5.10. The summed E-state index contributed by atoms with van der Waals surface area (Å²) in [6.07, 6.45) is -3.31. The summed E-state index contributed by atoms with van der Waals surface area (Å²) in [5, 5.41) is 0. The number of hydrogen-bond donors (Lipinski definition) is 0. The molecule has 0 aliphatic heterocycles. The van der Waals surface area contributed by atoms with Gasteiger partial charge in [0, 0.05) is 17.5 Å². The minimum Gasteiger partial charge on any atom is -0.464 e. The third kappa shape index (κ3) is 4.98. The van der Waals surface area contributed by atoms with Gasteiger partial charge in [-0.05, 0) is 6.92 Å². The zero-order valence-corrected chi connectivity index (χ0v) is 13.4. The van der Waals surface area contributed by atoms with Gasteiger partial charge in [0.2, 0.25) is 6.43 Å². The number of halogens is 2. The van der Waals surface area contributed by atoms with Gasteiger partial charge in [0.25, 0.3) is 0 Å². The standard InChI is InChI=1S/C19H19F2NO2/c1-2-24-19(23)16(13-17(20)21)22-18(14-9-5-3-6-10-14)15-11-7-4-8-12-15/h3-12,16-17H,2,13H2,1H3. The van der Waals surface area contributed by atoms with Crippen LogP contribution < -0.4 is 0 Å². The summed E-state index contributed by atoms with van der Waals surface area (Å²) in [4.78, 5) is 16.4. The van der Waals surface area contributed by atoms with Crippen molar-refractivity contribution in [3.05, 3.63) is 71.8 Å². The predicted molar refractivity (Wildman–Crippen MR) is 89.6 cm³/mol. The lowest BCUT2D eigenvalue weighted by Gasteiger charge is -2.14. The molecule has 0 saturated carbocycles. The average molecular weight is 331 g/mol. The van der Waals surface area contributed by atoms with Crippen LogP contribution in [0.5, 0.6) is 0 Å². The van der Waals surface area contributed by atoms with Crippen molar-refractivity contribution in [1.29, 1.82) is 0 Å². The smallest absolute Gasteiger partial charge is 0.331 e. The first-order valence-corrected chi connectivity index (χ1v) is 7.75. The predicted octanol–water partition coefficient (Wildman–Crippen LogP) is 4.11. The van der Waals surface area contributed by atoms with Crippen LogP contribution >= 0.6 is 0 Å². The average Bonchev–Trinajstić information content (AvgIpc) is 2.60. The molecular weight excluding hydrogens is 312 g/mol. The fourth-order valence-corrected chi connectivity index (χ4v) is 2.27. The van der Waals surface area contributed by atoms with Gasteiger partial charge in [0.1, 0.15) is 0 Å². The molecule has 0 amide bonds. The molecule has 24 heavy (non-hydrogen) atoms. The van der Waals surface area contributed by atoms with Crippen molar-refractivity contribution in [3.8, 4) is 0 Å². The van der Waals surface area contributed by atoms with Crippen molar-refractivity contribution in [2.75, 3.05) is 6.61 Å². The number of ether oxygens (including phenoxy) is 1. The Morgan fingerprint density at radius 3 is 1.92 bits per heavy atom. The second kappa shape index (κ2) is 8.91. The minimum absolute atomic E-state index is 0.125. The van der Waals surface area contributed by atoms with Crippen LogP contribution in [0.15, 0.2) is 65.7 Å². The highest BCUT2D eigenvalue weighted by atomic mass is 19.3. The molecule has 0 aliphatic carbocycles. The first-order chi connectivity index (χ1) is 11.6. The maximum Gasteiger partial charge on any atom is 0.331 e. The van der Waals surface area contributed by atoms with Gasteiger partial charge >= 0.3 is 5.97 Å². The van der Waals surface area contributed by atoms with Crippen LogP contribution in [0.1, 0.15) is 24.5 Å². The SMILES string of the molecule is CCOC(=O)C(CC(F)F)N=C(c1ccccc1)c1ccccc1. The quantitative estimate of drug-likeness (QED) is 0.566. The fraction of sp³-hybridized carbons (Fsp3) is 0.263. The van der Waals surface area contributed by atoms with Gasteiger partial charge in [-0.2, -0.15) is 0 Å². The van der Waals surface area contributed by atoms with E-state index >= 15 is 0 Å². The molecular formula is C19H19F2NO2. The normalized spacial score (nSPS) is 11.8. The van der Waals surface area contributed by atoms with Gasteiger partial charge < -0.3 is 4.74 Å². The maximum absolute atomic E-state index is 12.9. The van der Waals surface area contributed by atoms with E-state index in [2.05, 4.69) is 4.99 Å². The third-order valence-electron chi connectivity index (χ3n) is 3.34. The second-order valence-electron chi connectivity index (χ2n) is 5.10. The van der Waals surface area contributed by atoms with Crippen molar-refractivity contribution in [2.24, 2.45) is 4.99 Å². The molecule has 2 rings (SSSR count). The Hall–Kier alpha value is -2.56. The number of aliphatic imine (C=N–C) groups is 1. The molecule has 1 atom stereocenters. The molecule has 0 heterocycles. The molecule has 5 heteroatoms. The summed E-state index contributed by atoms with van der Waals surface area (Å²) >= 11 is 0. The molecule has 0 fully saturated rings. The Balaban J connectivity index is 2.46. The highest BCUT2D eigenvalue weighted by Gasteiger charge is 2.24. The summed E-state index contributed by atoms with van der Waals surface area (Å²) in [5.41, 5.74) is 2.01. The van der Waals surface area contributed by atoms with E-state index in [-0.39, 0.29) is 6.61 Å². The topological polar surface area (TPSA) is 38.7 Å². The van der Waals surface area contributed by atoms with Gasteiger partial charge in [-0.15, -0.1) is 0 Å². The number of rotatable bonds is 7. The van der Waals surface area contributed by atoms with E-state index < -0.39 is 24.9 Å². The minimum atomic E-state index is -2.64. The Kier molecular flexibility index (Phi) is 6.61. The largest absolute Gasteiger partial charge is 0.464 e. The Morgan fingerprint density at radius 1 is 1.00 bits per heavy atom. The molecule has 0 bridgehead atoms. The summed E-state index contributed by atoms with van der Waals surface area (Å²) < 4.78 is 30.6. The third-order valence-corrected chi connectivity index (χ3v) is 3.34. The van der Waals surface area contributed by atoms with Crippen molar-refractivity contribution in [1.82, 2.24) is 0 Å². The number of hydrogen-bond acceptors (Lipinski definition) is 3. The van der Waals surface area contributed by atoms with Crippen LogP contribution in [0.3, 0.4) is 0 Å². The molecule has 126 valence electrons. The van der Waals surface area contributed by atoms with E-state index in [1.807, 2.05) is 60.7 Å². The van der Waals surface area contributed by atoms with Gasteiger partial charge in [-0.3, -0.25) is 4.99 Å². The van der Waals surface area contributed by atoms with E-state index in [0.29, 0.717) is 5.71 Å². The number of nitrogens with zero attached hydrogens (tertiary/aromatic N) is 1. The van der Waals surface area contributed by atoms with Crippen LogP contribution in [-0.2, 0) is 9.53 Å². The molecule has 0 aliphatic rings. The lowest BCUT2D eigenvalue weighted by molar-refractivity contribution is -0.145.